The standard InChI is InChI=1S/C13H20N6O/c1-4-10-12(14-5-2)16-8-17-13(10)15-7-6-11-18-9(3)19-20-11/h8H,4-7H2,1-3H3,(H2,14,15,16,17). The summed E-state index contributed by atoms with van der Waals surface area (Å²) in [5.41, 5.74) is 1.09. The van der Waals surface area contributed by atoms with Crippen molar-refractivity contribution in [3.05, 3.63) is 23.6 Å². The van der Waals surface area contributed by atoms with Gasteiger partial charge in [0.05, 0.1) is 0 Å². The Morgan fingerprint density at radius 3 is 2.50 bits per heavy atom. The van der Waals surface area contributed by atoms with E-state index >= 15 is 0 Å². The van der Waals surface area contributed by atoms with Gasteiger partial charge >= 0.3 is 0 Å². The minimum Gasteiger partial charge on any atom is -0.370 e. The molecular formula is C13H20N6O. The van der Waals surface area contributed by atoms with Crippen molar-refractivity contribution in [1.29, 1.82) is 0 Å². The Hall–Kier alpha value is -2.18. The van der Waals surface area contributed by atoms with Crippen molar-refractivity contribution in [3.8, 4) is 0 Å². The average molecular weight is 276 g/mol. The summed E-state index contributed by atoms with van der Waals surface area (Å²) in [6, 6.07) is 0. The number of aromatic nitrogens is 4. The molecule has 0 aliphatic carbocycles. The Morgan fingerprint density at radius 2 is 1.90 bits per heavy atom. The monoisotopic (exact) mass is 276 g/mol. The topological polar surface area (TPSA) is 88.8 Å². The lowest BCUT2D eigenvalue weighted by atomic mass is 10.2. The third-order valence-corrected chi connectivity index (χ3v) is 2.84. The molecule has 2 aromatic heterocycles. The van der Waals surface area contributed by atoms with Crippen LogP contribution in [0.2, 0.25) is 0 Å². The van der Waals surface area contributed by atoms with Crippen LogP contribution in [0.1, 0.15) is 31.1 Å². The lowest BCUT2D eigenvalue weighted by Gasteiger charge is -2.13. The minimum atomic E-state index is 0.633. The third-order valence-electron chi connectivity index (χ3n) is 2.84. The van der Waals surface area contributed by atoms with Crippen molar-refractivity contribution in [2.24, 2.45) is 0 Å². The Balaban J connectivity index is 1.99. The second-order valence-electron chi connectivity index (χ2n) is 4.35. The summed E-state index contributed by atoms with van der Waals surface area (Å²) in [4.78, 5) is 12.7. The average Bonchev–Trinajstić information content (AvgIpc) is 2.85. The van der Waals surface area contributed by atoms with Gasteiger partial charge in [-0.05, 0) is 20.3 Å². The fraction of sp³-hybridized carbons (Fsp3) is 0.538. The third kappa shape index (κ3) is 3.43. The van der Waals surface area contributed by atoms with Crippen LogP contribution >= 0.6 is 0 Å². The molecule has 0 amide bonds. The van der Waals surface area contributed by atoms with E-state index in [4.69, 9.17) is 4.52 Å². The maximum absolute atomic E-state index is 5.07. The number of hydrogen-bond donors (Lipinski definition) is 2. The highest BCUT2D eigenvalue weighted by molar-refractivity contribution is 5.57. The van der Waals surface area contributed by atoms with E-state index in [2.05, 4.69) is 37.7 Å². The van der Waals surface area contributed by atoms with Gasteiger partial charge in [-0.3, -0.25) is 0 Å². The number of nitrogens with zero attached hydrogens (tertiary/aromatic N) is 4. The predicted octanol–water partition coefficient (Wildman–Crippen LogP) is 1.82. The van der Waals surface area contributed by atoms with Gasteiger partial charge in [0.2, 0.25) is 5.89 Å². The molecule has 0 aromatic carbocycles. The van der Waals surface area contributed by atoms with E-state index in [1.165, 1.54) is 0 Å². The number of hydrogen-bond acceptors (Lipinski definition) is 7. The van der Waals surface area contributed by atoms with Crippen LogP contribution in [0.5, 0.6) is 0 Å². The van der Waals surface area contributed by atoms with Crippen LogP contribution in [0.4, 0.5) is 11.6 Å². The first kappa shape index (κ1) is 14.2. The van der Waals surface area contributed by atoms with Gasteiger partial charge in [0.1, 0.15) is 18.0 Å². The molecule has 0 saturated carbocycles. The van der Waals surface area contributed by atoms with Gasteiger partial charge in [-0.15, -0.1) is 0 Å². The van der Waals surface area contributed by atoms with Crippen LogP contribution in [0.3, 0.4) is 0 Å². The Kier molecular flexibility index (Phi) is 4.86. The number of aryl methyl sites for hydroxylation is 1. The molecule has 0 unspecified atom stereocenters. The molecule has 108 valence electrons. The van der Waals surface area contributed by atoms with Gasteiger partial charge in [-0.25, -0.2) is 9.97 Å². The molecule has 0 fully saturated rings. The molecule has 2 N–H and O–H groups in total. The van der Waals surface area contributed by atoms with Crippen LogP contribution < -0.4 is 10.6 Å². The normalized spacial score (nSPS) is 10.6. The zero-order valence-electron chi connectivity index (χ0n) is 12.1. The summed E-state index contributed by atoms with van der Waals surface area (Å²) >= 11 is 0. The largest absolute Gasteiger partial charge is 0.370 e. The second kappa shape index (κ2) is 6.83. The second-order valence-corrected chi connectivity index (χ2v) is 4.35. The molecule has 7 heteroatoms. The van der Waals surface area contributed by atoms with Gasteiger partial charge in [0, 0.05) is 25.1 Å². The van der Waals surface area contributed by atoms with Crippen molar-refractivity contribution in [1.82, 2.24) is 20.1 Å². The molecular weight excluding hydrogens is 256 g/mol. The molecule has 0 aliphatic heterocycles. The van der Waals surface area contributed by atoms with Crippen molar-refractivity contribution in [2.75, 3.05) is 23.7 Å². The quantitative estimate of drug-likeness (QED) is 0.797. The van der Waals surface area contributed by atoms with Crippen molar-refractivity contribution < 1.29 is 4.52 Å². The lowest BCUT2D eigenvalue weighted by Crippen LogP contribution is -2.12. The number of nitrogens with one attached hydrogen (secondary N) is 2. The summed E-state index contributed by atoms with van der Waals surface area (Å²) in [7, 11) is 0. The Labute approximate surface area is 118 Å². The molecule has 20 heavy (non-hydrogen) atoms. The van der Waals surface area contributed by atoms with Crippen molar-refractivity contribution in [3.63, 3.8) is 0 Å². The highest BCUT2D eigenvalue weighted by Gasteiger charge is 2.09. The van der Waals surface area contributed by atoms with Crippen LogP contribution in [-0.4, -0.2) is 33.2 Å². The fourth-order valence-corrected chi connectivity index (χ4v) is 1.95. The Morgan fingerprint density at radius 1 is 1.15 bits per heavy atom. The Bertz CT molecular complexity index is 554. The fourth-order valence-electron chi connectivity index (χ4n) is 1.95. The van der Waals surface area contributed by atoms with E-state index < -0.39 is 0 Å². The van der Waals surface area contributed by atoms with Gasteiger partial charge in [0.15, 0.2) is 5.82 Å². The first-order chi connectivity index (χ1) is 9.74. The summed E-state index contributed by atoms with van der Waals surface area (Å²) in [6.45, 7) is 7.48. The summed E-state index contributed by atoms with van der Waals surface area (Å²) < 4.78 is 5.07. The molecule has 2 aromatic rings. The molecule has 7 nitrogen and oxygen atoms in total. The van der Waals surface area contributed by atoms with Gasteiger partial charge in [-0.2, -0.15) is 4.98 Å². The first-order valence-electron chi connectivity index (χ1n) is 6.85. The molecule has 0 spiro atoms. The van der Waals surface area contributed by atoms with E-state index in [1.54, 1.807) is 6.33 Å². The molecule has 0 bridgehead atoms. The van der Waals surface area contributed by atoms with Crippen LogP contribution in [-0.2, 0) is 12.8 Å². The maximum Gasteiger partial charge on any atom is 0.228 e. The summed E-state index contributed by atoms with van der Waals surface area (Å²) in [5, 5.41) is 10.3. The maximum atomic E-state index is 5.07. The first-order valence-corrected chi connectivity index (χ1v) is 6.85. The van der Waals surface area contributed by atoms with Gasteiger partial charge in [0.25, 0.3) is 0 Å². The van der Waals surface area contributed by atoms with Crippen molar-refractivity contribution in [2.45, 2.75) is 33.6 Å². The van der Waals surface area contributed by atoms with Crippen LogP contribution in [0, 0.1) is 6.92 Å². The van der Waals surface area contributed by atoms with Gasteiger partial charge in [-0.1, -0.05) is 12.1 Å². The van der Waals surface area contributed by atoms with E-state index in [0.717, 1.165) is 30.2 Å². The van der Waals surface area contributed by atoms with Crippen LogP contribution in [0.25, 0.3) is 0 Å². The predicted molar refractivity (Wildman–Crippen MR) is 76.8 cm³/mol. The minimum absolute atomic E-state index is 0.633. The zero-order chi connectivity index (χ0) is 14.4. The van der Waals surface area contributed by atoms with E-state index in [0.29, 0.717) is 24.7 Å². The summed E-state index contributed by atoms with van der Waals surface area (Å²) in [5.74, 6) is 3.04. The molecule has 0 radical (unpaired) electrons. The zero-order valence-corrected chi connectivity index (χ0v) is 12.1. The molecule has 2 heterocycles. The van der Waals surface area contributed by atoms with Crippen molar-refractivity contribution >= 4 is 11.6 Å². The SMILES string of the molecule is CCNc1ncnc(NCCc2nc(C)no2)c1CC. The van der Waals surface area contributed by atoms with E-state index in [-0.39, 0.29) is 0 Å². The highest BCUT2D eigenvalue weighted by atomic mass is 16.5. The number of rotatable bonds is 7. The summed E-state index contributed by atoms with van der Waals surface area (Å²) in [6.07, 6.45) is 3.10. The molecule has 0 saturated heterocycles. The molecule has 0 aliphatic rings. The van der Waals surface area contributed by atoms with Crippen LogP contribution in [0.15, 0.2) is 10.9 Å². The number of anilines is 2. The molecule has 2 rings (SSSR count). The highest BCUT2D eigenvalue weighted by Crippen LogP contribution is 2.20. The molecule has 0 atom stereocenters. The van der Waals surface area contributed by atoms with Gasteiger partial charge < -0.3 is 15.2 Å². The lowest BCUT2D eigenvalue weighted by molar-refractivity contribution is 0.377. The van der Waals surface area contributed by atoms with E-state index in [1.807, 2.05) is 13.8 Å². The smallest absolute Gasteiger partial charge is 0.228 e. The van der Waals surface area contributed by atoms with E-state index in [9.17, 15) is 0 Å².